The van der Waals surface area contributed by atoms with Gasteiger partial charge in [-0.3, -0.25) is 0 Å². The monoisotopic (exact) mass is 218 g/mol. The molecule has 0 aliphatic rings. The number of rotatable bonds is 6. The highest BCUT2D eigenvalue weighted by molar-refractivity contribution is 5.85. The molecule has 0 saturated carbocycles. The summed E-state index contributed by atoms with van der Waals surface area (Å²) >= 11 is 0. The summed E-state index contributed by atoms with van der Waals surface area (Å²) in [6.45, 7) is 5.09. The summed E-state index contributed by atoms with van der Waals surface area (Å²) in [6, 6.07) is 0. The van der Waals surface area contributed by atoms with Crippen LogP contribution in [0.4, 0.5) is 0 Å². The van der Waals surface area contributed by atoms with Crippen molar-refractivity contribution in [1.29, 1.82) is 0 Å². The second kappa shape index (κ2) is 14.0. The summed E-state index contributed by atoms with van der Waals surface area (Å²) in [5.74, 6) is 0. The minimum absolute atomic E-state index is 0. The van der Waals surface area contributed by atoms with Gasteiger partial charge < -0.3 is 22.1 Å². The molecule has 0 heterocycles. The topological polar surface area (TPSA) is 76.1 Å². The van der Waals surface area contributed by atoms with Gasteiger partial charge in [0.1, 0.15) is 0 Å². The molecule has 6 N–H and O–H groups in total. The second-order valence-corrected chi connectivity index (χ2v) is 2.21. The lowest BCUT2D eigenvalue weighted by molar-refractivity contribution is 0.465. The Labute approximate surface area is 86.6 Å². The Balaban J connectivity index is -0.000000405. The van der Waals surface area contributed by atoms with Gasteiger partial charge in [-0.25, -0.2) is 0 Å². The van der Waals surface area contributed by atoms with Gasteiger partial charge in [-0.1, -0.05) is 0 Å². The molecule has 0 aromatic heterocycles. The van der Waals surface area contributed by atoms with Gasteiger partial charge in [0.25, 0.3) is 0 Å². The molecular formula is C6H20Cl2N4. The Morgan fingerprint density at radius 3 is 1.58 bits per heavy atom. The Morgan fingerprint density at radius 1 is 1.00 bits per heavy atom. The van der Waals surface area contributed by atoms with E-state index in [0.717, 1.165) is 13.1 Å². The average molecular weight is 219 g/mol. The molecule has 0 saturated heterocycles. The molecular weight excluding hydrogens is 199 g/mol. The van der Waals surface area contributed by atoms with E-state index in [1.807, 2.05) is 6.92 Å². The summed E-state index contributed by atoms with van der Waals surface area (Å²) in [7, 11) is 0. The van der Waals surface area contributed by atoms with Crippen molar-refractivity contribution in [2.45, 2.75) is 13.1 Å². The average Bonchev–Trinajstić information content (AvgIpc) is 1.97. The van der Waals surface area contributed by atoms with Gasteiger partial charge in [0.05, 0.1) is 6.17 Å². The summed E-state index contributed by atoms with van der Waals surface area (Å²) in [4.78, 5) is 0. The predicted octanol–water partition coefficient (Wildman–Crippen LogP) is -0.727. The van der Waals surface area contributed by atoms with Crippen molar-refractivity contribution in [3.05, 3.63) is 0 Å². The molecule has 0 aromatic rings. The zero-order valence-corrected chi connectivity index (χ0v) is 9.01. The summed E-state index contributed by atoms with van der Waals surface area (Å²) in [5.41, 5.74) is 10.6. The van der Waals surface area contributed by atoms with Gasteiger partial charge in [-0.2, -0.15) is 0 Å². The summed E-state index contributed by atoms with van der Waals surface area (Å²) < 4.78 is 0. The van der Waals surface area contributed by atoms with E-state index >= 15 is 0 Å². The van der Waals surface area contributed by atoms with Crippen LogP contribution in [0.1, 0.15) is 6.92 Å². The zero-order chi connectivity index (χ0) is 7.82. The molecule has 0 unspecified atom stereocenters. The maximum Gasteiger partial charge on any atom is 0.0543 e. The molecule has 0 aliphatic carbocycles. The SMILES string of the molecule is CC(NCCN)NCCN.Cl.Cl. The van der Waals surface area contributed by atoms with Crippen LogP contribution in [0.3, 0.4) is 0 Å². The Morgan fingerprint density at radius 2 is 1.33 bits per heavy atom. The molecule has 0 amide bonds. The lowest BCUT2D eigenvalue weighted by Crippen LogP contribution is -2.43. The molecule has 0 atom stereocenters. The number of halogens is 2. The molecule has 78 valence electrons. The fourth-order valence-corrected chi connectivity index (χ4v) is 0.672. The van der Waals surface area contributed by atoms with Gasteiger partial charge in [0.15, 0.2) is 0 Å². The Bertz CT molecular complexity index is 66.6. The van der Waals surface area contributed by atoms with Crippen molar-refractivity contribution in [3.63, 3.8) is 0 Å². The van der Waals surface area contributed by atoms with Crippen molar-refractivity contribution in [1.82, 2.24) is 10.6 Å². The van der Waals surface area contributed by atoms with E-state index in [1.54, 1.807) is 0 Å². The predicted molar refractivity (Wildman–Crippen MR) is 58.1 cm³/mol. The first-order valence-corrected chi connectivity index (χ1v) is 3.68. The molecule has 0 spiro atoms. The standard InChI is InChI=1S/C6H18N4.2ClH/c1-6(9-4-2-7)10-5-3-8;;/h6,9-10H,2-5,7-8H2,1H3;2*1H. The lowest BCUT2D eigenvalue weighted by Gasteiger charge is -2.13. The first-order valence-electron chi connectivity index (χ1n) is 3.68. The highest BCUT2D eigenvalue weighted by Crippen LogP contribution is 1.70. The molecule has 4 nitrogen and oxygen atoms in total. The van der Waals surface area contributed by atoms with E-state index in [9.17, 15) is 0 Å². The number of nitrogens with one attached hydrogen (secondary N) is 2. The van der Waals surface area contributed by atoms with Crippen LogP contribution in [-0.4, -0.2) is 32.3 Å². The first-order chi connectivity index (χ1) is 4.81. The van der Waals surface area contributed by atoms with E-state index < -0.39 is 0 Å². The smallest absolute Gasteiger partial charge is 0.0543 e. The fourth-order valence-electron chi connectivity index (χ4n) is 0.672. The molecule has 0 aliphatic heterocycles. The fraction of sp³-hybridized carbons (Fsp3) is 1.00. The van der Waals surface area contributed by atoms with E-state index in [1.165, 1.54) is 0 Å². The molecule has 0 aromatic carbocycles. The lowest BCUT2D eigenvalue weighted by atomic mass is 10.5. The second-order valence-electron chi connectivity index (χ2n) is 2.21. The van der Waals surface area contributed by atoms with Crippen molar-refractivity contribution < 1.29 is 0 Å². The molecule has 6 heteroatoms. The van der Waals surface area contributed by atoms with Gasteiger partial charge in [-0.15, -0.1) is 24.8 Å². The van der Waals surface area contributed by atoms with Gasteiger partial charge in [0, 0.05) is 26.2 Å². The Kier molecular flexibility index (Phi) is 21.3. The summed E-state index contributed by atoms with van der Waals surface area (Å²) in [5, 5.41) is 6.35. The summed E-state index contributed by atoms with van der Waals surface area (Å²) in [6.07, 6.45) is 0.312. The van der Waals surface area contributed by atoms with E-state index in [0.29, 0.717) is 19.3 Å². The van der Waals surface area contributed by atoms with Gasteiger partial charge >= 0.3 is 0 Å². The normalized spacial score (nSPS) is 9.00. The maximum absolute atomic E-state index is 5.29. The minimum atomic E-state index is 0. The first kappa shape index (κ1) is 18.3. The molecule has 0 radical (unpaired) electrons. The van der Waals surface area contributed by atoms with E-state index in [-0.39, 0.29) is 24.8 Å². The van der Waals surface area contributed by atoms with Gasteiger partial charge in [-0.05, 0) is 6.92 Å². The van der Waals surface area contributed by atoms with Crippen LogP contribution >= 0.6 is 24.8 Å². The number of hydrogen-bond acceptors (Lipinski definition) is 4. The van der Waals surface area contributed by atoms with E-state index in [4.69, 9.17) is 11.5 Å². The van der Waals surface area contributed by atoms with Crippen LogP contribution in [0.15, 0.2) is 0 Å². The minimum Gasteiger partial charge on any atom is -0.329 e. The van der Waals surface area contributed by atoms with Crippen LogP contribution in [0.5, 0.6) is 0 Å². The van der Waals surface area contributed by atoms with Crippen molar-refractivity contribution in [2.75, 3.05) is 26.2 Å². The molecule has 12 heavy (non-hydrogen) atoms. The molecule has 0 bridgehead atoms. The van der Waals surface area contributed by atoms with Gasteiger partial charge in [0.2, 0.25) is 0 Å². The van der Waals surface area contributed by atoms with Crippen LogP contribution in [-0.2, 0) is 0 Å². The van der Waals surface area contributed by atoms with Crippen molar-refractivity contribution in [3.8, 4) is 0 Å². The largest absolute Gasteiger partial charge is 0.329 e. The third-order valence-electron chi connectivity index (χ3n) is 1.19. The Hall–Kier alpha value is 0.420. The van der Waals surface area contributed by atoms with Crippen molar-refractivity contribution in [2.24, 2.45) is 11.5 Å². The third kappa shape index (κ3) is 13.0. The number of hydrogen-bond donors (Lipinski definition) is 4. The number of nitrogens with two attached hydrogens (primary N) is 2. The van der Waals surface area contributed by atoms with Crippen LogP contribution in [0.25, 0.3) is 0 Å². The van der Waals surface area contributed by atoms with Crippen LogP contribution in [0.2, 0.25) is 0 Å². The van der Waals surface area contributed by atoms with Crippen molar-refractivity contribution >= 4 is 24.8 Å². The quantitative estimate of drug-likeness (QED) is 0.444. The van der Waals surface area contributed by atoms with Crippen LogP contribution in [0, 0.1) is 0 Å². The highest BCUT2D eigenvalue weighted by Gasteiger charge is 1.95. The highest BCUT2D eigenvalue weighted by atomic mass is 35.5. The zero-order valence-electron chi connectivity index (χ0n) is 7.38. The van der Waals surface area contributed by atoms with E-state index in [2.05, 4.69) is 10.6 Å². The molecule has 0 fully saturated rings. The van der Waals surface area contributed by atoms with Crippen LogP contribution < -0.4 is 22.1 Å². The maximum atomic E-state index is 5.29. The third-order valence-corrected chi connectivity index (χ3v) is 1.19. The molecule has 0 rings (SSSR count).